The molecule has 0 saturated heterocycles. The van der Waals surface area contributed by atoms with E-state index in [0.717, 1.165) is 6.07 Å². The number of H-pyrrole nitrogens is 1. The highest BCUT2D eigenvalue weighted by molar-refractivity contribution is 5.79. The van der Waals surface area contributed by atoms with Gasteiger partial charge in [0.15, 0.2) is 0 Å². The van der Waals surface area contributed by atoms with Gasteiger partial charge < -0.3 is 10.1 Å². The van der Waals surface area contributed by atoms with E-state index in [0.29, 0.717) is 5.56 Å². The van der Waals surface area contributed by atoms with Crippen molar-refractivity contribution >= 4 is 11.0 Å². The van der Waals surface area contributed by atoms with E-state index in [4.69, 9.17) is 0 Å². The average Bonchev–Trinajstić information content (AvgIpc) is 2.76. The number of phenolic OH excluding ortho intramolecular Hbond substituents is 1. The number of nitrogens with one attached hydrogen (secondary N) is 1. The van der Waals surface area contributed by atoms with E-state index in [1.165, 1.54) is 22.8 Å². The Hall–Kier alpha value is -2.70. The molecule has 114 valence electrons. The fourth-order valence-electron chi connectivity index (χ4n) is 2.39. The summed E-state index contributed by atoms with van der Waals surface area (Å²) in [5.41, 5.74) is -1.21. The molecule has 0 aliphatic carbocycles. The van der Waals surface area contributed by atoms with Crippen LogP contribution < -0.4 is 5.69 Å². The summed E-state index contributed by atoms with van der Waals surface area (Å²) < 4.78 is 40.1. The van der Waals surface area contributed by atoms with E-state index in [2.05, 4.69) is 4.98 Å². The van der Waals surface area contributed by atoms with E-state index in [-0.39, 0.29) is 23.3 Å². The Balaban J connectivity index is 2.18. The first-order chi connectivity index (χ1) is 10.4. The highest BCUT2D eigenvalue weighted by Gasteiger charge is 2.33. The van der Waals surface area contributed by atoms with Crippen molar-refractivity contribution in [1.82, 2.24) is 9.55 Å². The summed E-state index contributed by atoms with van der Waals surface area (Å²) in [6.45, 7) is -0.0210. The molecule has 3 aromatic rings. The van der Waals surface area contributed by atoms with Gasteiger partial charge in [0.25, 0.3) is 0 Å². The second-order valence-electron chi connectivity index (χ2n) is 4.84. The molecule has 1 aromatic heterocycles. The van der Waals surface area contributed by atoms with Gasteiger partial charge in [-0.2, -0.15) is 13.2 Å². The van der Waals surface area contributed by atoms with Crippen LogP contribution in [-0.4, -0.2) is 14.7 Å². The normalized spacial score (nSPS) is 12.0. The number of alkyl halides is 3. The maximum atomic E-state index is 13.0. The van der Waals surface area contributed by atoms with Gasteiger partial charge in [-0.15, -0.1) is 0 Å². The molecule has 0 aliphatic rings. The third kappa shape index (κ3) is 2.34. The molecule has 3 rings (SSSR count). The van der Waals surface area contributed by atoms with Crippen molar-refractivity contribution in [2.45, 2.75) is 12.7 Å². The Kier molecular flexibility index (Phi) is 3.20. The van der Waals surface area contributed by atoms with Crippen LogP contribution in [0.25, 0.3) is 11.0 Å². The number of rotatable bonds is 2. The van der Waals surface area contributed by atoms with Gasteiger partial charge in [0, 0.05) is 5.56 Å². The van der Waals surface area contributed by atoms with Crippen LogP contribution in [0.1, 0.15) is 11.1 Å². The summed E-state index contributed by atoms with van der Waals surface area (Å²) in [5, 5.41) is 9.75. The third-order valence-electron chi connectivity index (χ3n) is 3.44. The minimum atomic E-state index is -4.55. The minimum absolute atomic E-state index is 0.0178. The molecule has 0 atom stereocenters. The monoisotopic (exact) mass is 308 g/mol. The highest BCUT2D eigenvalue weighted by Crippen LogP contribution is 2.33. The lowest BCUT2D eigenvalue weighted by Gasteiger charge is -2.09. The maximum absolute atomic E-state index is 13.0. The van der Waals surface area contributed by atoms with Crippen LogP contribution in [0, 0.1) is 0 Å². The van der Waals surface area contributed by atoms with Crippen LogP contribution in [-0.2, 0) is 12.7 Å². The van der Waals surface area contributed by atoms with Crippen molar-refractivity contribution < 1.29 is 18.3 Å². The SMILES string of the molecule is O=c1[nH]c2c(C(F)(F)F)cccc2n1Cc1ccccc1O. The van der Waals surface area contributed by atoms with Gasteiger partial charge in [-0.1, -0.05) is 24.3 Å². The molecule has 2 aromatic carbocycles. The summed E-state index contributed by atoms with van der Waals surface area (Å²) in [4.78, 5) is 14.2. The van der Waals surface area contributed by atoms with Crippen molar-refractivity contribution in [2.75, 3.05) is 0 Å². The maximum Gasteiger partial charge on any atom is 0.418 e. The largest absolute Gasteiger partial charge is 0.508 e. The molecule has 0 fully saturated rings. The highest BCUT2D eigenvalue weighted by atomic mass is 19.4. The number of imidazole rings is 1. The van der Waals surface area contributed by atoms with Gasteiger partial charge in [0.1, 0.15) is 5.75 Å². The molecule has 2 N–H and O–H groups in total. The number of hydrogen-bond donors (Lipinski definition) is 2. The van der Waals surface area contributed by atoms with E-state index in [1.54, 1.807) is 18.2 Å². The molecular formula is C15H11F3N2O2. The molecule has 0 saturated carbocycles. The lowest BCUT2D eigenvalue weighted by atomic mass is 10.1. The lowest BCUT2D eigenvalue weighted by Crippen LogP contribution is -2.17. The molecule has 1 heterocycles. The van der Waals surface area contributed by atoms with E-state index < -0.39 is 17.4 Å². The fourth-order valence-corrected chi connectivity index (χ4v) is 2.39. The molecule has 22 heavy (non-hydrogen) atoms. The molecule has 0 radical (unpaired) electrons. The smallest absolute Gasteiger partial charge is 0.418 e. The van der Waals surface area contributed by atoms with Crippen LogP contribution in [0.2, 0.25) is 0 Å². The van der Waals surface area contributed by atoms with Gasteiger partial charge in [0.2, 0.25) is 0 Å². The lowest BCUT2D eigenvalue weighted by molar-refractivity contribution is -0.136. The van der Waals surface area contributed by atoms with Gasteiger partial charge in [0.05, 0.1) is 23.1 Å². The first-order valence-electron chi connectivity index (χ1n) is 6.43. The summed E-state index contributed by atoms with van der Waals surface area (Å²) in [6.07, 6.45) is -4.55. The molecule has 0 spiro atoms. The number of phenols is 1. The molecular weight excluding hydrogens is 297 g/mol. The van der Waals surface area contributed by atoms with Crippen LogP contribution in [0.3, 0.4) is 0 Å². The van der Waals surface area contributed by atoms with Gasteiger partial charge in [-0.25, -0.2) is 4.79 Å². The zero-order valence-electron chi connectivity index (χ0n) is 11.2. The minimum Gasteiger partial charge on any atom is -0.508 e. The number of para-hydroxylation sites is 2. The van der Waals surface area contributed by atoms with Crippen molar-refractivity contribution in [2.24, 2.45) is 0 Å². The van der Waals surface area contributed by atoms with Crippen LogP contribution in [0.4, 0.5) is 13.2 Å². The molecule has 0 aliphatic heterocycles. The predicted molar refractivity (Wildman–Crippen MR) is 74.8 cm³/mol. The number of nitrogens with zero attached hydrogens (tertiary/aromatic N) is 1. The Bertz CT molecular complexity index is 894. The predicted octanol–water partition coefficient (Wildman–Crippen LogP) is 3.10. The zero-order chi connectivity index (χ0) is 15.9. The van der Waals surface area contributed by atoms with Gasteiger partial charge in [-0.05, 0) is 18.2 Å². The zero-order valence-corrected chi connectivity index (χ0v) is 11.2. The number of aromatic nitrogens is 2. The number of hydrogen-bond acceptors (Lipinski definition) is 2. The van der Waals surface area contributed by atoms with Gasteiger partial charge >= 0.3 is 11.9 Å². The first-order valence-corrected chi connectivity index (χ1v) is 6.43. The molecule has 4 nitrogen and oxygen atoms in total. The standard InChI is InChI=1S/C15H11F3N2O2/c16-15(17,18)10-5-3-6-11-13(10)19-14(22)20(11)8-9-4-1-2-7-12(9)21/h1-7,21H,8H2,(H,19,22). The summed E-state index contributed by atoms with van der Waals surface area (Å²) in [6, 6.07) is 9.96. The molecule has 0 bridgehead atoms. The van der Waals surface area contributed by atoms with Crippen molar-refractivity contribution in [3.8, 4) is 5.75 Å². The summed E-state index contributed by atoms with van der Waals surface area (Å²) in [7, 11) is 0. The summed E-state index contributed by atoms with van der Waals surface area (Å²) in [5.74, 6) is -0.0178. The number of benzene rings is 2. The summed E-state index contributed by atoms with van der Waals surface area (Å²) >= 11 is 0. The van der Waals surface area contributed by atoms with Crippen molar-refractivity contribution in [3.05, 3.63) is 64.1 Å². The van der Waals surface area contributed by atoms with Crippen LogP contribution >= 0.6 is 0 Å². The van der Waals surface area contributed by atoms with Crippen molar-refractivity contribution in [3.63, 3.8) is 0 Å². The second kappa shape index (κ2) is 4.94. The van der Waals surface area contributed by atoms with E-state index >= 15 is 0 Å². The quantitative estimate of drug-likeness (QED) is 0.764. The number of aromatic amines is 1. The average molecular weight is 308 g/mol. The third-order valence-corrected chi connectivity index (χ3v) is 3.44. The molecule has 0 amide bonds. The van der Waals surface area contributed by atoms with E-state index in [1.807, 2.05) is 0 Å². The molecule has 0 unspecified atom stereocenters. The van der Waals surface area contributed by atoms with Gasteiger partial charge in [-0.3, -0.25) is 4.57 Å². The Morgan fingerprint density at radius 2 is 1.82 bits per heavy atom. The topological polar surface area (TPSA) is 58.0 Å². The number of halogens is 3. The Morgan fingerprint density at radius 1 is 1.09 bits per heavy atom. The Morgan fingerprint density at radius 3 is 2.50 bits per heavy atom. The fraction of sp³-hybridized carbons (Fsp3) is 0.133. The number of fused-ring (bicyclic) bond motifs is 1. The number of aromatic hydroxyl groups is 1. The van der Waals surface area contributed by atoms with E-state index in [9.17, 15) is 23.1 Å². The van der Waals surface area contributed by atoms with Crippen molar-refractivity contribution in [1.29, 1.82) is 0 Å². The van der Waals surface area contributed by atoms with Crippen LogP contribution in [0.15, 0.2) is 47.3 Å². The Labute approximate surface area is 122 Å². The van der Waals surface area contributed by atoms with Crippen LogP contribution in [0.5, 0.6) is 5.75 Å². The molecule has 7 heteroatoms. The first kappa shape index (κ1) is 14.2. The second-order valence-corrected chi connectivity index (χ2v) is 4.84.